The van der Waals surface area contributed by atoms with Crippen molar-refractivity contribution in [2.75, 3.05) is 6.61 Å². The van der Waals surface area contributed by atoms with Gasteiger partial charge in [-0.25, -0.2) is 0 Å². The minimum absolute atomic E-state index is 0.151. The van der Waals surface area contributed by atoms with Crippen LogP contribution in [0.2, 0.25) is 0 Å². The summed E-state index contributed by atoms with van der Waals surface area (Å²) < 4.78 is 28.1. The van der Waals surface area contributed by atoms with Crippen molar-refractivity contribution >= 4 is 26.0 Å². The SMILES string of the molecule is CCOS(=O)(=O)c1ccc(Br)cc1. The smallest absolute Gasteiger partial charge is 0.267 e. The molecule has 13 heavy (non-hydrogen) atoms. The molecule has 0 atom stereocenters. The predicted molar refractivity (Wildman–Crippen MR) is 53.0 cm³/mol. The molecule has 0 aliphatic rings. The highest BCUT2D eigenvalue weighted by Crippen LogP contribution is 2.16. The lowest BCUT2D eigenvalue weighted by Crippen LogP contribution is -2.05. The van der Waals surface area contributed by atoms with Crippen molar-refractivity contribution in [3.63, 3.8) is 0 Å². The van der Waals surface area contributed by atoms with Crippen LogP contribution in [0.15, 0.2) is 33.6 Å². The molecule has 0 fully saturated rings. The van der Waals surface area contributed by atoms with Crippen LogP contribution in [0.5, 0.6) is 0 Å². The summed E-state index contributed by atoms with van der Waals surface area (Å²) in [5.74, 6) is 0. The molecule has 0 unspecified atom stereocenters. The van der Waals surface area contributed by atoms with Gasteiger partial charge in [0.15, 0.2) is 0 Å². The number of hydrogen-bond donors (Lipinski definition) is 0. The van der Waals surface area contributed by atoms with Crippen molar-refractivity contribution in [1.29, 1.82) is 0 Å². The van der Waals surface area contributed by atoms with Gasteiger partial charge in [-0.05, 0) is 31.2 Å². The number of halogens is 1. The van der Waals surface area contributed by atoms with Crippen molar-refractivity contribution in [3.8, 4) is 0 Å². The van der Waals surface area contributed by atoms with Crippen molar-refractivity contribution in [3.05, 3.63) is 28.7 Å². The fraction of sp³-hybridized carbons (Fsp3) is 0.250. The first kappa shape index (κ1) is 10.7. The molecule has 72 valence electrons. The van der Waals surface area contributed by atoms with E-state index in [-0.39, 0.29) is 11.5 Å². The Hall–Kier alpha value is -0.390. The van der Waals surface area contributed by atoms with E-state index in [9.17, 15) is 8.42 Å². The molecule has 0 saturated heterocycles. The second-order valence-electron chi connectivity index (χ2n) is 2.31. The largest absolute Gasteiger partial charge is 0.296 e. The molecule has 0 spiro atoms. The number of rotatable bonds is 3. The summed E-state index contributed by atoms with van der Waals surface area (Å²) in [5.41, 5.74) is 0. The summed E-state index contributed by atoms with van der Waals surface area (Å²) in [7, 11) is -3.55. The van der Waals surface area contributed by atoms with Crippen LogP contribution in [-0.4, -0.2) is 15.0 Å². The van der Waals surface area contributed by atoms with Crippen LogP contribution >= 0.6 is 15.9 Å². The summed E-state index contributed by atoms with van der Waals surface area (Å²) in [6.07, 6.45) is 0. The lowest BCUT2D eigenvalue weighted by molar-refractivity contribution is 0.338. The first-order chi connectivity index (χ1) is 6.06. The molecule has 0 heterocycles. The fourth-order valence-electron chi connectivity index (χ4n) is 0.824. The molecule has 3 nitrogen and oxygen atoms in total. The minimum Gasteiger partial charge on any atom is -0.267 e. The van der Waals surface area contributed by atoms with Gasteiger partial charge in [-0.15, -0.1) is 0 Å². The Kier molecular flexibility index (Phi) is 3.47. The van der Waals surface area contributed by atoms with Crippen LogP contribution < -0.4 is 0 Å². The van der Waals surface area contributed by atoms with E-state index in [1.54, 1.807) is 19.1 Å². The summed E-state index contributed by atoms with van der Waals surface area (Å²) in [4.78, 5) is 0.178. The highest BCUT2D eigenvalue weighted by Gasteiger charge is 2.12. The molecule has 0 radical (unpaired) electrons. The van der Waals surface area contributed by atoms with E-state index in [1.807, 2.05) is 0 Å². The van der Waals surface area contributed by atoms with Crippen molar-refractivity contribution in [2.24, 2.45) is 0 Å². The average Bonchev–Trinajstić information content (AvgIpc) is 2.05. The molecule has 0 bridgehead atoms. The molecular formula is C8H9BrO3S. The summed E-state index contributed by atoms with van der Waals surface area (Å²) >= 11 is 3.22. The van der Waals surface area contributed by atoms with Gasteiger partial charge in [0, 0.05) is 4.47 Å². The molecule has 0 aliphatic heterocycles. The normalized spacial score (nSPS) is 11.5. The van der Waals surface area contributed by atoms with Crippen LogP contribution in [0.1, 0.15) is 6.92 Å². The minimum atomic E-state index is -3.55. The zero-order chi connectivity index (χ0) is 9.90. The van der Waals surface area contributed by atoms with Crippen molar-refractivity contribution < 1.29 is 12.6 Å². The number of benzene rings is 1. The predicted octanol–water partition coefficient (Wildman–Crippen LogP) is 2.17. The molecule has 5 heteroatoms. The molecule has 1 aromatic rings. The monoisotopic (exact) mass is 264 g/mol. The highest BCUT2D eigenvalue weighted by molar-refractivity contribution is 9.10. The molecule has 0 saturated carbocycles. The van der Waals surface area contributed by atoms with Gasteiger partial charge < -0.3 is 0 Å². The average molecular weight is 265 g/mol. The molecule has 0 N–H and O–H groups in total. The topological polar surface area (TPSA) is 43.4 Å². The van der Waals surface area contributed by atoms with Gasteiger partial charge in [-0.2, -0.15) is 8.42 Å². The Labute approximate surface area is 86.0 Å². The second kappa shape index (κ2) is 4.21. The molecule has 0 amide bonds. The summed E-state index contributed by atoms with van der Waals surface area (Å²) in [6.45, 7) is 1.79. The maximum absolute atomic E-state index is 11.3. The Morgan fingerprint density at radius 1 is 1.31 bits per heavy atom. The van der Waals surface area contributed by atoms with Gasteiger partial charge in [0.05, 0.1) is 11.5 Å². The van der Waals surface area contributed by atoms with E-state index < -0.39 is 10.1 Å². The quantitative estimate of drug-likeness (QED) is 0.787. The zero-order valence-corrected chi connectivity index (χ0v) is 9.43. The Morgan fingerprint density at radius 3 is 2.31 bits per heavy atom. The highest BCUT2D eigenvalue weighted by atomic mass is 79.9. The first-order valence-corrected chi connectivity index (χ1v) is 5.91. The Balaban J connectivity index is 3.02. The zero-order valence-electron chi connectivity index (χ0n) is 7.03. The Morgan fingerprint density at radius 2 is 1.85 bits per heavy atom. The van der Waals surface area contributed by atoms with Gasteiger partial charge in [0.1, 0.15) is 0 Å². The summed E-state index contributed by atoms with van der Waals surface area (Å²) in [5, 5.41) is 0. The first-order valence-electron chi connectivity index (χ1n) is 3.71. The maximum atomic E-state index is 11.3. The molecule has 1 rings (SSSR count). The molecule has 0 aromatic heterocycles. The van der Waals surface area contributed by atoms with E-state index in [1.165, 1.54) is 12.1 Å². The molecule has 1 aromatic carbocycles. The fourth-order valence-corrected chi connectivity index (χ4v) is 2.00. The van der Waals surface area contributed by atoms with E-state index in [0.717, 1.165) is 4.47 Å². The Bertz CT molecular complexity index is 369. The van der Waals surface area contributed by atoms with Crippen LogP contribution in [0, 0.1) is 0 Å². The van der Waals surface area contributed by atoms with Gasteiger partial charge >= 0.3 is 0 Å². The van der Waals surface area contributed by atoms with Crippen LogP contribution in [0.3, 0.4) is 0 Å². The third-order valence-corrected chi connectivity index (χ3v) is 3.30. The van der Waals surface area contributed by atoms with Gasteiger partial charge in [-0.3, -0.25) is 4.18 Å². The van der Waals surface area contributed by atoms with E-state index in [0.29, 0.717) is 0 Å². The van der Waals surface area contributed by atoms with E-state index in [2.05, 4.69) is 20.1 Å². The van der Waals surface area contributed by atoms with Crippen molar-refractivity contribution in [1.82, 2.24) is 0 Å². The molecule has 0 aliphatic carbocycles. The van der Waals surface area contributed by atoms with E-state index >= 15 is 0 Å². The lowest BCUT2D eigenvalue weighted by atomic mass is 10.4. The third-order valence-electron chi connectivity index (χ3n) is 1.38. The maximum Gasteiger partial charge on any atom is 0.296 e. The van der Waals surface area contributed by atoms with Gasteiger partial charge in [-0.1, -0.05) is 15.9 Å². The van der Waals surface area contributed by atoms with Crippen LogP contribution in [-0.2, 0) is 14.3 Å². The van der Waals surface area contributed by atoms with Crippen LogP contribution in [0.4, 0.5) is 0 Å². The van der Waals surface area contributed by atoms with Crippen LogP contribution in [0.25, 0.3) is 0 Å². The third kappa shape index (κ3) is 2.79. The summed E-state index contributed by atoms with van der Waals surface area (Å²) in [6, 6.07) is 6.31. The van der Waals surface area contributed by atoms with Gasteiger partial charge in [0.25, 0.3) is 10.1 Å². The second-order valence-corrected chi connectivity index (χ2v) is 4.85. The van der Waals surface area contributed by atoms with Gasteiger partial charge in [0.2, 0.25) is 0 Å². The van der Waals surface area contributed by atoms with E-state index in [4.69, 9.17) is 0 Å². The van der Waals surface area contributed by atoms with Crippen molar-refractivity contribution in [2.45, 2.75) is 11.8 Å². The standard InChI is InChI=1S/C8H9BrO3S/c1-2-12-13(10,11)8-5-3-7(9)4-6-8/h3-6H,2H2,1H3. The lowest BCUT2D eigenvalue weighted by Gasteiger charge is -2.02. The molecular weight excluding hydrogens is 256 g/mol. The number of hydrogen-bond acceptors (Lipinski definition) is 3.